The molecular weight excluding hydrogens is 242 g/mol. The molecule has 0 unspecified atom stereocenters. The summed E-state index contributed by atoms with van der Waals surface area (Å²) in [4.78, 5) is 11.7. The normalized spacial score (nSPS) is 17.8. The lowest BCUT2D eigenvalue weighted by molar-refractivity contribution is -0.120. The Morgan fingerprint density at radius 1 is 1.75 bits per heavy atom. The molecule has 1 aliphatic rings. The van der Waals surface area contributed by atoms with Gasteiger partial charge in [-0.15, -0.1) is 10.2 Å². The van der Waals surface area contributed by atoms with E-state index in [1.807, 2.05) is 6.92 Å². The molecule has 88 valence electrons. The molecule has 0 radical (unpaired) electrons. The van der Waals surface area contributed by atoms with Crippen molar-refractivity contribution in [1.82, 2.24) is 15.5 Å². The predicted octanol–water partition coefficient (Wildman–Crippen LogP) is 1.94. The maximum Gasteiger partial charge on any atom is 0.233 e. The van der Waals surface area contributed by atoms with Gasteiger partial charge in [0, 0.05) is 6.54 Å². The maximum atomic E-state index is 11.7. The third kappa shape index (κ3) is 3.18. The Morgan fingerprint density at radius 2 is 2.56 bits per heavy atom. The molecule has 2 rings (SSSR count). The van der Waals surface area contributed by atoms with Crippen LogP contribution >= 0.6 is 23.1 Å². The molecule has 1 aliphatic carbocycles. The summed E-state index contributed by atoms with van der Waals surface area (Å²) in [5.74, 6) is 0.815. The van der Waals surface area contributed by atoms with Gasteiger partial charge in [0.2, 0.25) is 5.91 Å². The zero-order valence-electron chi connectivity index (χ0n) is 9.18. The van der Waals surface area contributed by atoms with Gasteiger partial charge in [-0.05, 0) is 25.7 Å². The van der Waals surface area contributed by atoms with Crippen molar-refractivity contribution in [1.29, 1.82) is 0 Å². The first-order valence-electron chi connectivity index (χ1n) is 5.46. The predicted molar refractivity (Wildman–Crippen MR) is 65.6 cm³/mol. The van der Waals surface area contributed by atoms with Crippen LogP contribution in [0.5, 0.6) is 0 Å². The highest BCUT2D eigenvalue weighted by Gasteiger charge is 2.20. The smallest absolute Gasteiger partial charge is 0.233 e. The molecule has 1 saturated carbocycles. The number of nitrogens with zero attached hydrogens (tertiary/aromatic N) is 2. The van der Waals surface area contributed by atoms with Gasteiger partial charge in [0.05, 0.1) is 5.25 Å². The van der Waals surface area contributed by atoms with Crippen LogP contribution in [-0.2, 0) is 4.79 Å². The van der Waals surface area contributed by atoms with Gasteiger partial charge < -0.3 is 5.32 Å². The van der Waals surface area contributed by atoms with Gasteiger partial charge >= 0.3 is 0 Å². The Balaban J connectivity index is 1.71. The van der Waals surface area contributed by atoms with Crippen LogP contribution in [0.1, 0.15) is 26.2 Å². The zero-order valence-corrected chi connectivity index (χ0v) is 10.8. The van der Waals surface area contributed by atoms with E-state index in [4.69, 9.17) is 0 Å². The molecule has 4 nitrogen and oxygen atoms in total. The molecule has 0 aromatic carbocycles. The molecule has 1 aromatic rings. The SMILES string of the molecule is C[C@H](Sc1nncs1)C(=O)NCC1CCC1. The minimum Gasteiger partial charge on any atom is -0.355 e. The topological polar surface area (TPSA) is 54.9 Å². The molecule has 0 spiro atoms. The van der Waals surface area contributed by atoms with E-state index in [9.17, 15) is 4.79 Å². The van der Waals surface area contributed by atoms with Gasteiger partial charge in [0.15, 0.2) is 4.34 Å². The quantitative estimate of drug-likeness (QED) is 0.819. The lowest BCUT2D eigenvalue weighted by Crippen LogP contribution is -2.36. The second-order valence-electron chi connectivity index (χ2n) is 4.01. The molecule has 6 heteroatoms. The van der Waals surface area contributed by atoms with Crippen LogP contribution < -0.4 is 5.32 Å². The summed E-state index contributed by atoms with van der Waals surface area (Å²) in [6, 6.07) is 0. The summed E-state index contributed by atoms with van der Waals surface area (Å²) >= 11 is 2.94. The number of nitrogens with one attached hydrogen (secondary N) is 1. The summed E-state index contributed by atoms with van der Waals surface area (Å²) in [6.45, 7) is 2.74. The lowest BCUT2D eigenvalue weighted by atomic mass is 9.85. The van der Waals surface area contributed by atoms with Gasteiger partial charge in [-0.2, -0.15) is 0 Å². The molecular formula is C10H15N3OS2. The second kappa shape index (κ2) is 5.63. The Morgan fingerprint density at radius 3 is 3.12 bits per heavy atom. The van der Waals surface area contributed by atoms with E-state index in [2.05, 4.69) is 15.5 Å². The number of aromatic nitrogens is 2. The van der Waals surface area contributed by atoms with E-state index in [0.29, 0.717) is 5.92 Å². The Kier molecular flexibility index (Phi) is 4.17. The lowest BCUT2D eigenvalue weighted by Gasteiger charge is -2.25. The minimum absolute atomic E-state index is 0.0898. The Hall–Kier alpha value is -0.620. The van der Waals surface area contributed by atoms with Crippen molar-refractivity contribution in [3.63, 3.8) is 0 Å². The Labute approximate surface area is 103 Å². The van der Waals surface area contributed by atoms with E-state index in [1.165, 1.54) is 42.4 Å². The van der Waals surface area contributed by atoms with Gasteiger partial charge in [0.1, 0.15) is 5.51 Å². The van der Waals surface area contributed by atoms with E-state index in [0.717, 1.165) is 10.9 Å². The molecule has 0 saturated heterocycles. The second-order valence-corrected chi connectivity index (χ2v) is 6.43. The number of rotatable bonds is 5. The number of carbonyl (C=O) groups is 1. The highest BCUT2D eigenvalue weighted by molar-refractivity contribution is 8.02. The van der Waals surface area contributed by atoms with E-state index in [-0.39, 0.29) is 11.2 Å². The monoisotopic (exact) mass is 257 g/mol. The summed E-state index contributed by atoms with van der Waals surface area (Å²) < 4.78 is 0.853. The van der Waals surface area contributed by atoms with Gasteiger partial charge in [-0.25, -0.2) is 0 Å². The zero-order chi connectivity index (χ0) is 11.4. The molecule has 1 amide bonds. The van der Waals surface area contributed by atoms with Crippen molar-refractivity contribution in [3.05, 3.63) is 5.51 Å². The Bertz CT molecular complexity index is 338. The largest absolute Gasteiger partial charge is 0.355 e. The third-order valence-electron chi connectivity index (χ3n) is 2.78. The summed E-state index contributed by atoms with van der Waals surface area (Å²) in [5, 5.41) is 10.6. The van der Waals surface area contributed by atoms with Crippen molar-refractivity contribution in [2.45, 2.75) is 35.8 Å². The molecule has 0 bridgehead atoms. The third-order valence-corrected chi connectivity index (χ3v) is 4.69. The first-order valence-corrected chi connectivity index (χ1v) is 7.22. The number of amides is 1. The van der Waals surface area contributed by atoms with Crippen molar-refractivity contribution < 1.29 is 4.79 Å². The summed E-state index contributed by atoms with van der Waals surface area (Å²) in [5.41, 5.74) is 1.68. The first-order chi connectivity index (χ1) is 7.75. The van der Waals surface area contributed by atoms with E-state index >= 15 is 0 Å². The van der Waals surface area contributed by atoms with Gasteiger partial charge in [0.25, 0.3) is 0 Å². The number of hydrogen-bond donors (Lipinski definition) is 1. The number of thioether (sulfide) groups is 1. The fourth-order valence-electron chi connectivity index (χ4n) is 1.50. The molecule has 0 aliphatic heterocycles. The fraction of sp³-hybridized carbons (Fsp3) is 0.700. The van der Waals surface area contributed by atoms with Crippen LogP contribution in [-0.4, -0.2) is 27.9 Å². The van der Waals surface area contributed by atoms with Gasteiger partial charge in [-0.1, -0.05) is 29.5 Å². The molecule has 1 fully saturated rings. The molecule has 1 heterocycles. The van der Waals surface area contributed by atoms with Crippen LogP contribution in [0.15, 0.2) is 9.85 Å². The molecule has 1 atom stereocenters. The van der Waals surface area contributed by atoms with Gasteiger partial charge in [-0.3, -0.25) is 4.79 Å². The molecule has 16 heavy (non-hydrogen) atoms. The average Bonchev–Trinajstić information content (AvgIpc) is 2.67. The van der Waals surface area contributed by atoms with Crippen LogP contribution in [0.4, 0.5) is 0 Å². The van der Waals surface area contributed by atoms with Crippen molar-refractivity contribution in [2.75, 3.05) is 6.54 Å². The van der Waals surface area contributed by atoms with Crippen molar-refractivity contribution in [2.24, 2.45) is 5.92 Å². The average molecular weight is 257 g/mol. The highest BCUT2D eigenvalue weighted by Crippen LogP contribution is 2.26. The van der Waals surface area contributed by atoms with E-state index < -0.39 is 0 Å². The van der Waals surface area contributed by atoms with Crippen LogP contribution in [0, 0.1) is 5.92 Å². The minimum atomic E-state index is -0.0898. The molecule has 1 aromatic heterocycles. The number of hydrogen-bond acceptors (Lipinski definition) is 5. The maximum absolute atomic E-state index is 11.7. The van der Waals surface area contributed by atoms with E-state index in [1.54, 1.807) is 5.51 Å². The molecule has 1 N–H and O–H groups in total. The van der Waals surface area contributed by atoms with Crippen molar-refractivity contribution >= 4 is 29.0 Å². The first kappa shape index (κ1) is 11.9. The van der Waals surface area contributed by atoms with Crippen LogP contribution in [0.2, 0.25) is 0 Å². The standard InChI is InChI=1S/C10H15N3OS2/c1-7(16-10-13-12-6-15-10)9(14)11-5-8-3-2-4-8/h6-8H,2-5H2,1H3,(H,11,14)/t7-/m0/s1. The van der Waals surface area contributed by atoms with Crippen LogP contribution in [0.25, 0.3) is 0 Å². The van der Waals surface area contributed by atoms with Crippen molar-refractivity contribution in [3.8, 4) is 0 Å². The summed E-state index contributed by atoms with van der Waals surface area (Å²) in [7, 11) is 0. The number of carbonyl (C=O) groups excluding carboxylic acids is 1. The van der Waals surface area contributed by atoms with Crippen LogP contribution in [0.3, 0.4) is 0 Å². The highest BCUT2D eigenvalue weighted by atomic mass is 32.2. The fourth-order valence-corrected chi connectivity index (χ4v) is 3.15. The summed E-state index contributed by atoms with van der Waals surface area (Å²) in [6.07, 6.45) is 3.84.